The van der Waals surface area contributed by atoms with Gasteiger partial charge in [0.2, 0.25) is 0 Å². The fraction of sp³-hybridized carbons (Fsp3) is 0. The van der Waals surface area contributed by atoms with Gasteiger partial charge < -0.3 is 9.30 Å². The van der Waals surface area contributed by atoms with E-state index in [1.807, 2.05) is 12.1 Å². The Hall–Kier alpha value is -6.12. The zero-order valence-corrected chi connectivity index (χ0v) is 24.9. The average Bonchev–Trinajstić information content (AvgIpc) is 3.44. The number of rotatable bonds is 3. The van der Waals surface area contributed by atoms with Crippen LogP contribution >= 0.6 is 0 Å². The highest BCUT2D eigenvalue weighted by Gasteiger charge is 2.21. The van der Waals surface area contributed by atoms with Crippen molar-refractivity contribution in [2.24, 2.45) is 0 Å². The van der Waals surface area contributed by atoms with Gasteiger partial charge >= 0.3 is 0 Å². The van der Waals surface area contributed by atoms with Gasteiger partial charge in [0.1, 0.15) is 11.5 Å². The van der Waals surface area contributed by atoms with E-state index in [2.05, 4.69) is 156 Å². The maximum Gasteiger partial charge on any atom is 0.135 e. The molecule has 0 unspecified atom stereocenters. The third-order valence-corrected chi connectivity index (χ3v) is 9.59. The largest absolute Gasteiger partial charge is 0.456 e. The molecule has 0 bridgehead atoms. The fourth-order valence-electron chi connectivity index (χ4n) is 7.51. The summed E-state index contributed by atoms with van der Waals surface area (Å²) in [4.78, 5) is 0. The number of nitrogens with zero attached hydrogens (tertiary/aromatic N) is 1. The number of fused-ring (bicyclic) bond motifs is 6. The number of ether oxygens (including phenoxy) is 1. The average molecular weight is 586 g/mol. The number of benzene rings is 8. The van der Waals surface area contributed by atoms with E-state index in [1.54, 1.807) is 0 Å². The first kappa shape index (κ1) is 25.2. The lowest BCUT2D eigenvalue weighted by Crippen LogP contribution is -1.97. The van der Waals surface area contributed by atoms with Crippen LogP contribution in [0.4, 0.5) is 0 Å². The van der Waals surface area contributed by atoms with Crippen LogP contribution in [0.3, 0.4) is 0 Å². The van der Waals surface area contributed by atoms with E-state index in [4.69, 9.17) is 4.74 Å². The molecular formula is C44H27NO. The Labute approximate surface area is 266 Å². The molecule has 0 fully saturated rings. The van der Waals surface area contributed by atoms with Crippen molar-refractivity contribution in [1.29, 1.82) is 0 Å². The van der Waals surface area contributed by atoms with Crippen LogP contribution in [0.5, 0.6) is 11.5 Å². The van der Waals surface area contributed by atoms with Gasteiger partial charge in [-0.1, -0.05) is 121 Å². The van der Waals surface area contributed by atoms with Crippen LogP contribution < -0.4 is 4.74 Å². The number of hydrogen-bond acceptors (Lipinski definition) is 1. The second-order valence-corrected chi connectivity index (χ2v) is 12.1. The van der Waals surface area contributed by atoms with Crippen molar-refractivity contribution in [3.8, 4) is 50.6 Å². The predicted octanol–water partition coefficient (Wildman–Crippen LogP) is 12.2. The van der Waals surface area contributed by atoms with Crippen molar-refractivity contribution in [2.75, 3.05) is 0 Å². The van der Waals surface area contributed by atoms with Crippen molar-refractivity contribution in [3.63, 3.8) is 0 Å². The standard InChI is InChI=1S/C44H27NO/c1-2-11-31(12-3-1)45-40-18-6-4-13-34(40)39-27-38-30(26-41(39)45)10-8-15-32(38)28-20-22-29(23-21-28)33-24-25-43-44-36(33)16-9-17-37(44)35-14-5-7-19-42(35)46-43/h1-27H. The molecule has 0 saturated heterocycles. The van der Waals surface area contributed by atoms with Crippen LogP contribution in [-0.4, -0.2) is 4.57 Å². The molecule has 0 aliphatic carbocycles. The van der Waals surface area contributed by atoms with E-state index in [0.717, 1.165) is 17.1 Å². The highest BCUT2D eigenvalue weighted by molar-refractivity contribution is 6.16. The molecule has 1 aliphatic heterocycles. The van der Waals surface area contributed by atoms with Gasteiger partial charge in [-0.2, -0.15) is 0 Å². The minimum atomic E-state index is 0.914. The molecule has 2 heterocycles. The van der Waals surface area contributed by atoms with Crippen molar-refractivity contribution in [1.82, 2.24) is 4.57 Å². The summed E-state index contributed by atoms with van der Waals surface area (Å²) in [6.45, 7) is 0. The Morgan fingerprint density at radius 3 is 1.91 bits per heavy atom. The predicted molar refractivity (Wildman–Crippen MR) is 192 cm³/mol. The number of hydrogen-bond donors (Lipinski definition) is 0. The van der Waals surface area contributed by atoms with Crippen molar-refractivity contribution >= 4 is 43.4 Å². The molecule has 0 atom stereocenters. The van der Waals surface area contributed by atoms with Gasteiger partial charge in [-0.3, -0.25) is 0 Å². The van der Waals surface area contributed by atoms with Crippen LogP contribution in [0.15, 0.2) is 164 Å². The van der Waals surface area contributed by atoms with Crippen LogP contribution in [0.1, 0.15) is 0 Å². The molecule has 46 heavy (non-hydrogen) atoms. The molecule has 1 aliphatic rings. The lowest BCUT2D eigenvalue weighted by Gasteiger charge is -2.22. The quantitative estimate of drug-likeness (QED) is 0.201. The Balaban J connectivity index is 1.11. The van der Waals surface area contributed by atoms with Crippen molar-refractivity contribution in [3.05, 3.63) is 164 Å². The second kappa shape index (κ2) is 9.69. The molecule has 2 heteroatoms. The Bertz CT molecular complexity index is 2650. The van der Waals surface area contributed by atoms with Gasteiger partial charge in [0, 0.05) is 27.4 Å². The van der Waals surface area contributed by atoms with E-state index >= 15 is 0 Å². The fourth-order valence-corrected chi connectivity index (χ4v) is 7.51. The highest BCUT2D eigenvalue weighted by Crippen LogP contribution is 2.48. The molecule has 8 aromatic carbocycles. The van der Waals surface area contributed by atoms with E-state index in [-0.39, 0.29) is 0 Å². The summed E-state index contributed by atoms with van der Waals surface area (Å²) in [5.41, 5.74) is 10.8. The lowest BCUT2D eigenvalue weighted by atomic mass is 9.90. The first-order chi connectivity index (χ1) is 22.8. The maximum absolute atomic E-state index is 6.34. The normalized spacial score (nSPS) is 12.1. The summed E-state index contributed by atoms with van der Waals surface area (Å²) in [6, 6.07) is 59.0. The third-order valence-electron chi connectivity index (χ3n) is 9.59. The summed E-state index contributed by atoms with van der Waals surface area (Å²) >= 11 is 0. The zero-order chi connectivity index (χ0) is 30.2. The van der Waals surface area contributed by atoms with Crippen LogP contribution in [0.2, 0.25) is 0 Å². The molecular weight excluding hydrogens is 558 g/mol. The highest BCUT2D eigenvalue weighted by atomic mass is 16.5. The lowest BCUT2D eigenvalue weighted by molar-refractivity contribution is 0.487. The first-order valence-electron chi connectivity index (χ1n) is 15.8. The molecule has 9 aromatic rings. The Kier molecular flexibility index (Phi) is 5.31. The van der Waals surface area contributed by atoms with E-state index in [9.17, 15) is 0 Å². The molecule has 1 aromatic heterocycles. The second-order valence-electron chi connectivity index (χ2n) is 12.1. The van der Waals surface area contributed by atoms with Gasteiger partial charge in [0.05, 0.1) is 11.0 Å². The van der Waals surface area contributed by atoms with Crippen molar-refractivity contribution in [2.45, 2.75) is 0 Å². The summed E-state index contributed by atoms with van der Waals surface area (Å²) in [6.07, 6.45) is 0. The molecule has 0 spiro atoms. The van der Waals surface area contributed by atoms with Gasteiger partial charge in [-0.25, -0.2) is 0 Å². The molecule has 10 rings (SSSR count). The van der Waals surface area contributed by atoms with Gasteiger partial charge in [0.15, 0.2) is 0 Å². The first-order valence-corrected chi connectivity index (χ1v) is 15.8. The topological polar surface area (TPSA) is 14.2 Å². The Morgan fingerprint density at radius 1 is 0.370 bits per heavy atom. The van der Waals surface area contributed by atoms with Gasteiger partial charge in [0.25, 0.3) is 0 Å². The number of para-hydroxylation sites is 3. The summed E-state index contributed by atoms with van der Waals surface area (Å²) in [5, 5.41) is 7.41. The molecule has 0 radical (unpaired) electrons. The minimum Gasteiger partial charge on any atom is -0.456 e. The third kappa shape index (κ3) is 3.65. The maximum atomic E-state index is 6.34. The van der Waals surface area contributed by atoms with Crippen LogP contribution in [0, 0.1) is 0 Å². The molecule has 0 amide bonds. The van der Waals surface area contributed by atoms with Crippen LogP contribution in [-0.2, 0) is 0 Å². The van der Waals surface area contributed by atoms with E-state index in [1.165, 1.54) is 76.9 Å². The zero-order valence-electron chi connectivity index (χ0n) is 24.9. The smallest absolute Gasteiger partial charge is 0.135 e. The van der Waals surface area contributed by atoms with Crippen molar-refractivity contribution < 1.29 is 4.74 Å². The monoisotopic (exact) mass is 585 g/mol. The van der Waals surface area contributed by atoms with E-state index < -0.39 is 0 Å². The van der Waals surface area contributed by atoms with Gasteiger partial charge in [-0.15, -0.1) is 0 Å². The molecule has 0 N–H and O–H groups in total. The SMILES string of the molecule is c1ccc(-n2c3ccccc3c3cc4c(-c5ccc(-c6ccc7c8c(cccc68)-c6ccccc6O7)cc5)cccc4cc32)cc1. The summed E-state index contributed by atoms with van der Waals surface area (Å²) in [5.74, 6) is 1.83. The minimum absolute atomic E-state index is 0.914. The molecule has 2 nitrogen and oxygen atoms in total. The number of aromatic nitrogens is 1. The van der Waals surface area contributed by atoms with Gasteiger partial charge in [-0.05, 0) is 86.4 Å². The molecule has 0 saturated carbocycles. The summed E-state index contributed by atoms with van der Waals surface area (Å²) < 4.78 is 8.72. The van der Waals surface area contributed by atoms with Crippen LogP contribution in [0.25, 0.3) is 82.4 Å². The summed E-state index contributed by atoms with van der Waals surface area (Å²) in [7, 11) is 0. The Morgan fingerprint density at radius 2 is 1.04 bits per heavy atom. The molecule has 214 valence electrons. The van der Waals surface area contributed by atoms with E-state index in [0.29, 0.717) is 0 Å².